The Balaban J connectivity index is 2.48. The number of nitrogens with zero attached hydrogens (tertiary/aromatic N) is 2. The van der Waals surface area contributed by atoms with Crippen molar-refractivity contribution in [3.05, 3.63) is 23.0 Å². The average molecular weight is 203 g/mol. The number of hydrogen-bond acceptors (Lipinski definition) is 3. The van der Waals surface area contributed by atoms with E-state index < -0.39 is 0 Å². The first-order valence-electron chi connectivity index (χ1n) is 3.78. The molecule has 0 bridgehead atoms. The van der Waals surface area contributed by atoms with Gasteiger partial charge in [0.05, 0.1) is 5.69 Å². The van der Waals surface area contributed by atoms with Gasteiger partial charge < -0.3 is 0 Å². The van der Waals surface area contributed by atoms with Gasteiger partial charge in [-0.2, -0.15) is 16.9 Å². The van der Waals surface area contributed by atoms with Crippen LogP contribution in [0.3, 0.4) is 0 Å². The van der Waals surface area contributed by atoms with Gasteiger partial charge in [-0.05, 0) is 17.4 Å². The maximum Gasteiger partial charge on any atom is 0.151 e. The summed E-state index contributed by atoms with van der Waals surface area (Å²) in [5, 5.41) is 8.79. The van der Waals surface area contributed by atoms with Crippen molar-refractivity contribution >= 4 is 23.4 Å². The standard InChI is InChI=1S/C8H11ClN2S/c1-6(2)12-5-7-3-4-8(9)11-10-7/h3-4,6H,5H2,1-2H3. The van der Waals surface area contributed by atoms with E-state index in [2.05, 4.69) is 24.0 Å². The molecule has 0 aliphatic rings. The molecule has 1 rings (SSSR count). The zero-order chi connectivity index (χ0) is 8.97. The number of aromatic nitrogens is 2. The van der Waals surface area contributed by atoms with Crippen LogP contribution in [-0.2, 0) is 5.75 Å². The molecule has 2 nitrogen and oxygen atoms in total. The molecule has 1 aromatic heterocycles. The maximum absolute atomic E-state index is 5.59. The molecule has 0 saturated carbocycles. The van der Waals surface area contributed by atoms with Gasteiger partial charge in [-0.3, -0.25) is 0 Å². The van der Waals surface area contributed by atoms with Gasteiger partial charge in [-0.1, -0.05) is 25.4 Å². The molecule has 0 aliphatic carbocycles. The van der Waals surface area contributed by atoms with Gasteiger partial charge >= 0.3 is 0 Å². The van der Waals surface area contributed by atoms with Crippen LogP contribution in [0.15, 0.2) is 12.1 Å². The van der Waals surface area contributed by atoms with Crippen LogP contribution >= 0.6 is 23.4 Å². The summed E-state index contributed by atoms with van der Waals surface area (Å²) in [7, 11) is 0. The van der Waals surface area contributed by atoms with E-state index in [-0.39, 0.29) is 0 Å². The lowest BCUT2D eigenvalue weighted by Crippen LogP contribution is -1.93. The first-order valence-corrected chi connectivity index (χ1v) is 5.21. The summed E-state index contributed by atoms with van der Waals surface area (Å²) >= 11 is 7.44. The van der Waals surface area contributed by atoms with Crippen LogP contribution in [0, 0.1) is 0 Å². The average Bonchev–Trinajstić information content (AvgIpc) is 2.03. The molecule has 0 radical (unpaired) electrons. The highest BCUT2D eigenvalue weighted by molar-refractivity contribution is 7.99. The molecule has 0 amide bonds. The van der Waals surface area contributed by atoms with Crippen molar-refractivity contribution < 1.29 is 0 Å². The lowest BCUT2D eigenvalue weighted by atomic mass is 10.4. The van der Waals surface area contributed by atoms with E-state index in [1.807, 2.05) is 17.8 Å². The molecular formula is C8H11ClN2S. The second-order valence-corrected chi connectivity index (χ2v) is 4.66. The van der Waals surface area contributed by atoms with E-state index >= 15 is 0 Å². The minimum atomic E-state index is 0.452. The Morgan fingerprint density at radius 2 is 2.17 bits per heavy atom. The highest BCUT2D eigenvalue weighted by Crippen LogP contribution is 2.15. The normalized spacial score (nSPS) is 10.7. The van der Waals surface area contributed by atoms with E-state index in [0.29, 0.717) is 10.4 Å². The van der Waals surface area contributed by atoms with Crippen molar-refractivity contribution in [3.63, 3.8) is 0 Å². The predicted octanol–water partition coefficient (Wildman–Crippen LogP) is 2.77. The lowest BCUT2D eigenvalue weighted by molar-refractivity contribution is 0.968. The zero-order valence-electron chi connectivity index (χ0n) is 7.12. The summed E-state index contributed by atoms with van der Waals surface area (Å²) in [5.41, 5.74) is 0.984. The Labute approximate surface area is 81.7 Å². The number of thioether (sulfide) groups is 1. The van der Waals surface area contributed by atoms with Gasteiger partial charge in [-0.25, -0.2) is 0 Å². The minimum Gasteiger partial charge on any atom is -0.153 e. The molecule has 0 unspecified atom stereocenters. The summed E-state index contributed by atoms with van der Waals surface area (Å²) in [5.74, 6) is 0.905. The Kier molecular flexibility index (Phi) is 3.82. The fourth-order valence-corrected chi connectivity index (χ4v) is 1.43. The molecule has 0 saturated heterocycles. The van der Waals surface area contributed by atoms with E-state index in [1.54, 1.807) is 6.07 Å². The minimum absolute atomic E-state index is 0.452. The topological polar surface area (TPSA) is 25.8 Å². The largest absolute Gasteiger partial charge is 0.153 e. The fraction of sp³-hybridized carbons (Fsp3) is 0.500. The van der Waals surface area contributed by atoms with Gasteiger partial charge in [0, 0.05) is 5.75 Å². The van der Waals surface area contributed by atoms with Crippen LogP contribution < -0.4 is 0 Å². The third-order valence-electron chi connectivity index (χ3n) is 1.25. The van der Waals surface area contributed by atoms with E-state index in [1.165, 1.54) is 0 Å². The van der Waals surface area contributed by atoms with Crippen LogP contribution in [-0.4, -0.2) is 15.4 Å². The van der Waals surface area contributed by atoms with Gasteiger partial charge in [0.2, 0.25) is 0 Å². The smallest absolute Gasteiger partial charge is 0.151 e. The van der Waals surface area contributed by atoms with Gasteiger partial charge in [0.25, 0.3) is 0 Å². The third kappa shape index (κ3) is 3.41. The van der Waals surface area contributed by atoms with Crippen molar-refractivity contribution in [1.29, 1.82) is 0 Å². The first kappa shape index (κ1) is 9.81. The molecule has 0 aromatic carbocycles. The van der Waals surface area contributed by atoms with Crippen molar-refractivity contribution in [2.45, 2.75) is 24.9 Å². The number of rotatable bonds is 3. The molecule has 0 spiro atoms. The van der Waals surface area contributed by atoms with Crippen molar-refractivity contribution in [2.75, 3.05) is 0 Å². The van der Waals surface area contributed by atoms with Crippen LogP contribution in [0.1, 0.15) is 19.5 Å². The molecule has 12 heavy (non-hydrogen) atoms. The van der Waals surface area contributed by atoms with E-state index in [9.17, 15) is 0 Å². The van der Waals surface area contributed by atoms with Gasteiger partial charge in [0.1, 0.15) is 0 Å². The molecule has 0 aliphatic heterocycles. The molecule has 0 fully saturated rings. The number of halogens is 1. The Hall–Kier alpha value is -0.280. The molecule has 0 N–H and O–H groups in total. The van der Waals surface area contributed by atoms with Crippen molar-refractivity contribution in [2.24, 2.45) is 0 Å². The quantitative estimate of drug-likeness (QED) is 0.754. The Bertz CT molecular complexity index is 235. The second-order valence-electron chi connectivity index (χ2n) is 2.71. The van der Waals surface area contributed by atoms with Crippen LogP contribution in [0.4, 0.5) is 0 Å². The molecule has 1 heterocycles. The first-order chi connectivity index (χ1) is 5.68. The molecule has 1 aromatic rings. The summed E-state index contributed by atoms with van der Waals surface area (Å²) < 4.78 is 0. The van der Waals surface area contributed by atoms with Crippen molar-refractivity contribution in [1.82, 2.24) is 10.2 Å². The number of hydrogen-bond donors (Lipinski definition) is 0. The summed E-state index contributed by atoms with van der Waals surface area (Å²) in [6, 6.07) is 3.68. The highest BCUT2D eigenvalue weighted by Gasteiger charge is 1.98. The SMILES string of the molecule is CC(C)SCc1ccc(Cl)nn1. The predicted molar refractivity (Wildman–Crippen MR) is 53.5 cm³/mol. The van der Waals surface area contributed by atoms with Crippen LogP contribution in [0.25, 0.3) is 0 Å². The monoisotopic (exact) mass is 202 g/mol. The maximum atomic E-state index is 5.59. The molecule has 66 valence electrons. The van der Waals surface area contributed by atoms with E-state index in [0.717, 1.165) is 11.4 Å². The second kappa shape index (κ2) is 4.67. The van der Waals surface area contributed by atoms with Gasteiger partial charge in [-0.15, -0.1) is 5.10 Å². The summed E-state index contributed by atoms with van der Waals surface area (Å²) in [4.78, 5) is 0. The Morgan fingerprint density at radius 3 is 2.67 bits per heavy atom. The van der Waals surface area contributed by atoms with Crippen LogP contribution in [0.2, 0.25) is 5.15 Å². The fourth-order valence-electron chi connectivity index (χ4n) is 0.673. The van der Waals surface area contributed by atoms with Crippen molar-refractivity contribution in [3.8, 4) is 0 Å². The highest BCUT2D eigenvalue weighted by atomic mass is 35.5. The molecule has 0 atom stereocenters. The van der Waals surface area contributed by atoms with Crippen LogP contribution in [0.5, 0.6) is 0 Å². The summed E-state index contributed by atoms with van der Waals surface area (Å²) in [6.45, 7) is 4.32. The summed E-state index contributed by atoms with van der Waals surface area (Å²) in [6.07, 6.45) is 0. The molecule has 4 heteroatoms. The van der Waals surface area contributed by atoms with E-state index in [4.69, 9.17) is 11.6 Å². The zero-order valence-corrected chi connectivity index (χ0v) is 8.69. The third-order valence-corrected chi connectivity index (χ3v) is 2.58. The van der Waals surface area contributed by atoms with Gasteiger partial charge in [0.15, 0.2) is 5.15 Å². The molecular weight excluding hydrogens is 192 g/mol. The Morgan fingerprint density at radius 1 is 1.42 bits per heavy atom. The lowest BCUT2D eigenvalue weighted by Gasteiger charge is -2.02.